The van der Waals surface area contributed by atoms with E-state index in [4.69, 9.17) is 16.3 Å². The van der Waals surface area contributed by atoms with E-state index < -0.39 is 0 Å². The lowest BCUT2D eigenvalue weighted by Crippen LogP contribution is -2.45. The smallest absolute Gasteiger partial charge is 0.0874 e. The molecule has 0 amide bonds. The fourth-order valence-corrected chi connectivity index (χ4v) is 2.31. The van der Waals surface area contributed by atoms with Gasteiger partial charge >= 0.3 is 0 Å². The van der Waals surface area contributed by atoms with E-state index in [-0.39, 0.29) is 6.10 Å². The van der Waals surface area contributed by atoms with Crippen molar-refractivity contribution >= 4 is 17.3 Å². The van der Waals surface area contributed by atoms with Crippen LogP contribution in [0.5, 0.6) is 0 Å². The van der Waals surface area contributed by atoms with Gasteiger partial charge in [0.1, 0.15) is 0 Å². The van der Waals surface area contributed by atoms with E-state index in [1.807, 2.05) is 19.1 Å². The van der Waals surface area contributed by atoms with Gasteiger partial charge in [-0.05, 0) is 31.2 Å². The maximum atomic E-state index is 6.10. The molecule has 1 saturated heterocycles. The first kappa shape index (κ1) is 13.7. The van der Waals surface area contributed by atoms with Gasteiger partial charge in [0.2, 0.25) is 0 Å². The van der Waals surface area contributed by atoms with Gasteiger partial charge in [0, 0.05) is 30.3 Å². The van der Waals surface area contributed by atoms with E-state index in [9.17, 15) is 0 Å². The highest BCUT2D eigenvalue weighted by Crippen LogP contribution is 2.20. The van der Waals surface area contributed by atoms with Crippen molar-refractivity contribution in [3.63, 3.8) is 0 Å². The van der Waals surface area contributed by atoms with Gasteiger partial charge in [0.25, 0.3) is 0 Å². The molecule has 1 N–H and O–H groups in total. The molecule has 2 rings (SSSR count). The second kappa shape index (κ2) is 6.41. The minimum absolute atomic E-state index is 0.263. The van der Waals surface area contributed by atoms with Crippen LogP contribution < -0.4 is 5.32 Å². The molecule has 3 nitrogen and oxygen atoms in total. The summed E-state index contributed by atoms with van der Waals surface area (Å²) in [5.74, 6) is 0. The highest BCUT2D eigenvalue weighted by Gasteiger charge is 2.18. The summed E-state index contributed by atoms with van der Waals surface area (Å²) >= 11 is 6.10. The van der Waals surface area contributed by atoms with Crippen molar-refractivity contribution in [2.24, 2.45) is 0 Å². The Morgan fingerprint density at radius 2 is 2.33 bits per heavy atom. The lowest BCUT2D eigenvalue weighted by atomic mass is 10.2. The van der Waals surface area contributed by atoms with Gasteiger partial charge in [-0.3, -0.25) is 4.90 Å². The normalized spacial score (nSPS) is 20.9. The number of likely N-dealkylation sites (N-methyl/N-ethyl adjacent to an activating group) is 1. The first-order valence-corrected chi connectivity index (χ1v) is 6.91. The molecule has 1 aromatic rings. The van der Waals surface area contributed by atoms with Crippen LogP contribution in [0.1, 0.15) is 12.5 Å². The molecule has 0 aromatic heterocycles. The van der Waals surface area contributed by atoms with Gasteiger partial charge in [0.05, 0.1) is 12.7 Å². The fraction of sp³-hybridized carbons (Fsp3) is 0.571. The lowest BCUT2D eigenvalue weighted by Gasteiger charge is -2.32. The molecule has 4 heteroatoms. The third-order valence-electron chi connectivity index (χ3n) is 3.38. The summed E-state index contributed by atoms with van der Waals surface area (Å²) in [7, 11) is 0. The summed E-state index contributed by atoms with van der Waals surface area (Å²) in [6, 6.07) is 6.06. The molecular formula is C14H21ClN2O. The molecule has 0 radical (unpaired) electrons. The van der Waals surface area contributed by atoms with Crippen molar-refractivity contribution in [2.45, 2.75) is 20.0 Å². The number of morpholine rings is 1. The standard InChI is InChI=1S/C14H21ClN2O/c1-3-17-6-7-18-13(10-17)9-16-12-5-4-11(2)14(15)8-12/h4-5,8,13,16H,3,6-7,9-10H2,1-2H3. The molecule has 0 saturated carbocycles. The monoisotopic (exact) mass is 268 g/mol. The van der Waals surface area contributed by atoms with E-state index in [1.54, 1.807) is 0 Å². The van der Waals surface area contributed by atoms with Crippen molar-refractivity contribution < 1.29 is 4.74 Å². The minimum Gasteiger partial charge on any atom is -0.382 e. The van der Waals surface area contributed by atoms with E-state index >= 15 is 0 Å². The zero-order valence-corrected chi connectivity index (χ0v) is 11.8. The topological polar surface area (TPSA) is 24.5 Å². The molecule has 1 atom stereocenters. The van der Waals surface area contributed by atoms with Crippen LogP contribution in [0.25, 0.3) is 0 Å². The number of benzene rings is 1. The molecule has 18 heavy (non-hydrogen) atoms. The molecule has 0 spiro atoms. The van der Waals surface area contributed by atoms with E-state index in [0.29, 0.717) is 0 Å². The van der Waals surface area contributed by atoms with Gasteiger partial charge in [0.15, 0.2) is 0 Å². The molecule has 0 aliphatic carbocycles. The van der Waals surface area contributed by atoms with Crippen molar-refractivity contribution in [3.8, 4) is 0 Å². The molecule has 1 heterocycles. The quantitative estimate of drug-likeness (QED) is 0.909. The van der Waals surface area contributed by atoms with Crippen LogP contribution >= 0.6 is 11.6 Å². The number of halogens is 1. The van der Waals surface area contributed by atoms with E-state index in [0.717, 1.165) is 49.1 Å². The Balaban J connectivity index is 1.85. The molecule has 100 valence electrons. The van der Waals surface area contributed by atoms with Crippen molar-refractivity contribution in [1.29, 1.82) is 0 Å². The maximum absolute atomic E-state index is 6.10. The molecule has 1 aromatic carbocycles. The van der Waals surface area contributed by atoms with Gasteiger partial charge in [-0.15, -0.1) is 0 Å². The number of hydrogen-bond donors (Lipinski definition) is 1. The zero-order valence-electron chi connectivity index (χ0n) is 11.1. The fourth-order valence-electron chi connectivity index (χ4n) is 2.13. The Morgan fingerprint density at radius 1 is 1.50 bits per heavy atom. The molecule has 1 aliphatic heterocycles. The Hall–Kier alpha value is -0.770. The van der Waals surface area contributed by atoms with Crippen LogP contribution in [0.4, 0.5) is 5.69 Å². The summed E-state index contributed by atoms with van der Waals surface area (Å²) in [4.78, 5) is 2.41. The second-order valence-electron chi connectivity index (χ2n) is 4.73. The van der Waals surface area contributed by atoms with Crippen LogP contribution in [0.2, 0.25) is 5.02 Å². The number of aryl methyl sites for hydroxylation is 1. The van der Waals surface area contributed by atoms with Crippen LogP contribution in [0.15, 0.2) is 18.2 Å². The average Bonchev–Trinajstić information content (AvgIpc) is 2.40. The molecule has 1 unspecified atom stereocenters. The SMILES string of the molecule is CCN1CCOC(CNc2ccc(C)c(Cl)c2)C1. The molecular weight excluding hydrogens is 248 g/mol. The number of anilines is 1. The minimum atomic E-state index is 0.263. The Kier molecular flexibility index (Phi) is 4.87. The van der Waals surface area contributed by atoms with Crippen LogP contribution in [-0.2, 0) is 4.74 Å². The number of nitrogens with one attached hydrogen (secondary N) is 1. The third kappa shape index (κ3) is 3.61. The second-order valence-corrected chi connectivity index (χ2v) is 5.14. The van der Waals surface area contributed by atoms with Gasteiger partial charge in [-0.2, -0.15) is 0 Å². The highest BCUT2D eigenvalue weighted by molar-refractivity contribution is 6.31. The zero-order chi connectivity index (χ0) is 13.0. The predicted octanol–water partition coefficient (Wildman–Crippen LogP) is 2.78. The third-order valence-corrected chi connectivity index (χ3v) is 3.78. The molecule has 0 bridgehead atoms. The van der Waals surface area contributed by atoms with Crippen LogP contribution in [-0.4, -0.2) is 43.8 Å². The molecule has 1 aliphatic rings. The van der Waals surface area contributed by atoms with Crippen LogP contribution in [0.3, 0.4) is 0 Å². The summed E-state index contributed by atoms with van der Waals surface area (Å²) in [5.41, 5.74) is 2.16. The number of ether oxygens (including phenoxy) is 1. The maximum Gasteiger partial charge on any atom is 0.0874 e. The van der Waals surface area contributed by atoms with Crippen molar-refractivity contribution in [2.75, 3.05) is 38.1 Å². The van der Waals surface area contributed by atoms with Gasteiger partial charge < -0.3 is 10.1 Å². The highest BCUT2D eigenvalue weighted by atomic mass is 35.5. The summed E-state index contributed by atoms with van der Waals surface area (Å²) in [6.07, 6.45) is 0.263. The van der Waals surface area contributed by atoms with Crippen molar-refractivity contribution in [3.05, 3.63) is 28.8 Å². The first-order valence-electron chi connectivity index (χ1n) is 6.53. The first-order chi connectivity index (χ1) is 8.69. The Bertz CT molecular complexity index is 397. The summed E-state index contributed by atoms with van der Waals surface area (Å²) < 4.78 is 5.75. The number of hydrogen-bond acceptors (Lipinski definition) is 3. The van der Waals surface area contributed by atoms with E-state index in [1.165, 1.54) is 0 Å². The summed E-state index contributed by atoms with van der Waals surface area (Å²) in [5, 5.41) is 4.20. The van der Waals surface area contributed by atoms with E-state index in [2.05, 4.69) is 23.2 Å². The predicted molar refractivity (Wildman–Crippen MR) is 76.5 cm³/mol. The average molecular weight is 269 g/mol. The van der Waals surface area contributed by atoms with Crippen molar-refractivity contribution in [1.82, 2.24) is 4.90 Å². The van der Waals surface area contributed by atoms with Gasteiger partial charge in [-0.25, -0.2) is 0 Å². The van der Waals surface area contributed by atoms with Gasteiger partial charge in [-0.1, -0.05) is 24.6 Å². The largest absolute Gasteiger partial charge is 0.382 e. The Morgan fingerprint density at radius 3 is 3.06 bits per heavy atom. The Labute approximate surface area is 114 Å². The lowest BCUT2D eigenvalue weighted by molar-refractivity contribution is -0.0191. The summed E-state index contributed by atoms with van der Waals surface area (Å²) in [6.45, 7) is 9.00. The van der Waals surface area contributed by atoms with Crippen LogP contribution in [0, 0.1) is 6.92 Å². The number of nitrogens with zero attached hydrogens (tertiary/aromatic N) is 1. The molecule has 1 fully saturated rings. The number of rotatable bonds is 4.